The van der Waals surface area contributed by atoms with Gasteiger partial charge in [0.2, 0.25) is 16.0 Å². The summed E-state index contributed by atoms with van der Waals surface area (Å²) in [6, 6.07) is 14.5. The Morgan fingerprint density at radius 3 is 2.62 bits per heavy atom. The van der Waals surface area contributed by atoms with Gasteiger partial charge < -0.3 is 10.6 Å². The number of nitrogens with zero attached hydrogens (tertiary/aromatic N) is 3. The van der Waals surface area contributed by atoms with Crippen LogP contribution in [0.3, 0.4) is 0 Å². The third-order valence-electron chi connectivity index (χ3n) is 7.87. The lowest BCUT2D eigenvalue weighted by atomic mass is 9.73. The smallest absolute Gasteiger partial charge is 0.264 e. The van der Waals surface area contributed by atoms with Crippen molar-refractivity contribution in [2.24, 2.45) is 16.3 Å². The number of nitrogens with one attached hydrogen (secondary N) is 2. The van der Waals surface area contributed by atoms with Gasteiger partial charge in [0.05, 0.1) is 4.90 Å². The lowest BCUT2D eigenvalue weighted by molar-refractivity contribution is 0.187. The maximum atomic E-state index is 13.2. The molecule has 2 aliphatic rings. The topological polar surface area (TPSA) is 164 Å². The highest BCUT2D eigenvalue weighted by Crippen LogP contribution is 2.50. The van der Waals surface area contributed by atoms with Crippen LogP contribution in [0.2, 0.25) is 0 Å². The Kier molecular flexibility index (Phi) is 5.34. The molecule has 1 aliphatic heterocycles. The van der Waals surface area contributed by atoms with Crippen LogP contribution < -0.4 is 21.3 Å². The largest absolute Gasteiger partial charge is 0.342 e. The van der Waals surface area contributed by atoms with Gasteiger partial charge in [0.15, 0.2) is 5.65 Å². The van der Waals surface area contributed by atoms with Crippen LogP contribution >= 0.6 is 0 Å². The number of sulfonamides is 1. The first-order valence-electron chi connectivity index (χ1n) is 12.1. The van der Waals surface area contributed by atoms with Gasteiger partial charge in [-0.3, -0.25) is 14.9 Å². The summed E-state index contributed by atoms with van der Waals surface area (Å²) < 4.78 is 23.5. The van der Waals surface area contributed by atoms with Crippen molar-refractivity contribution in [3.8, 4) is 0 Å². The summed E-state index contributed by atoms with van der Waals surface area (Å²) in [5.74, 6) is 0.480. The Labute approximate surface area is 213 Å². The van der Waals surface area contributed by atoms with E-state index in [0.717, 1.165) is 32.4 Å². The number of hydrogen-bond donors (Lipinski definition) is 4. The molecule has 6 rings (SSSR count). The predicted octanol–water partition coefficient (Wildman–Crippen LogP) is 2.20. The van der Waals surface area contributed by atoms with Crippen LogP contribution in [0.25, 0.3) is 16.6 Å². The molecule has 190 valence electrons. The van der Waals surface area contributed by atoms with Crippen molar-refractivity contribution in [1.29, 1.82) is 0 Å². The van der Waals surface area contributed by atoms with E-state index in [9.17, 15) is 13.2 Å². The minimum absolute atomic E-state index is 0.00859. The molecular formula is C26H27N7O3S. The number of benzene rings is 2. The quantitative estimate of drug-likeness (QED) is 0.322. The van der Waals surface area contributed by atoms with E-state index in [1.54, 1.807) is 12.1 Å². The zero-order chi connectivity index (χ0) is 25.9. The Morgan fingerprint density at radius 2 is 1.89 bits per heavy atom. The minimum atomic E-state index is -3.89. The first-order valence-corrected chi connectivity index (χ1v) is 13.6. The fourth-order valence-electron chi connectivity index (χ4n) is 5.76. The average molecular weight is 518 g/mol. The first kappa shape index (κ1) is 23.6. The van der Waals surface area contributed by atoms with Gasteiger partial charge in [-0.25, -0.2) is 13.6 Å². The number of rotatable bonds is 4. The fourth-order valence-corrected chi connectivity index (χ4v) is 6.32. The van der Waals surface area contributed by atoms with Crippen molar-refractivity contribution >= 4 is 32.6 Å². The summed E-state index contributed by atoms with van der Waals surface area (Å²) in [6.45, 7) is 5.49. The summed E-state index contributed by atoms with van der Waals surface area (Å²) in [6.07, 6.45) is 2.77. The van der Waals surface area contributed by atoms with Crippen LogP contribution in [-0.4, -0.2) is 41.7 Å². The van der Waals surface area contributed by atoms with E-state index in [4.69, 9.17) is 10.9 Å². The molecular weight excluding hydrogens is 490 g/mol. The molecule has 4 aromatic rings. The van der Waals surface area contributed by atoms with E-state index < -0.39 is 10.0 Å². The number of primary sulfonamides is 1. The first-order chi connectivity index (χ1) is 17.7. The second-order valence-corrected chi connectivity index (χ2v) is 11.5. The van der Waals surface area contributed by atoms with Gasteiger partial charge in [0.1, 0.15) is 11.1 Å². The van der Waals surface area contributed by atoms with E-state index in [0.29, 0.717) is 28.4 Å². The highest BCUT2D eigenvalue weighted by atomic mass is 32.2. The molecule has 1 atom stereocenters. The Bertz CT molecular complexity index is 1720. The van der Waals surface area contributed by atoms with Gasteiger partial charge in [-0.15, -0.1) is 0 Å². The number of piperidine rings is 1. The van der Waals surface area contributed by atoms with E-state index >= 15 is 0 Å². The number of aromatic nitrogens is 4. The lowest BCUT2D eigenvalue weighted by Crippen LogP contribution is -2.45. The highest BCUT2D eigenvalue weighted by Gasteiger charge is 2.46. The van der Waals surface area contributed by atoms with Gasteiger partial charge in [-0.05, 0) is 53.5 Å². The predicted molar refractivity (Wildman–Crippen MR) is 141 cm³/mol. The van der Waals surface area contributed by atoms with Gasteiger partial charge in [-0.2, -0.15) is 10.1 Å². The molecule has 1 saturated heterocycles. The van der Waals surface area contributed by atoms with Crippen molar-refractivity contribution in [1.82, 2.24) is 20.2 Å². The standard InChI is InChI=1S/C26H27N7O3S/c1-15(16-6-4-7-18(13-16)37(28,35)36)21-20-23(32-31-21)29-25(30-24(20)34)33-11-9-26(10-12-33)14-17-5-2-3-8-19(17)22(26)27/h2-8,13,22H,1,9-12,14,27H2,(H2,28,35,36)(H2,29,30,31,32,34)/t22-/m1/s1. The molecule has 3 heterocycles. The number of H-pyrrole nitrogens is 2. The molecule has 1 fully saturated rings. The van der Waals surface area contributed by atoms with Gasteiger partial charge in [0.25, 0.3) is 5.56 Å². The van der Waals surface area contributed by atoms with Crippen LogP contribution in [0.4, 0.5) is 5.95 Å². The van der Waals surface area contributed by atoms with Gasteiger partial charge in [-0.1, -0.05) is 43.0 Å². The normalized spacial score (nSPS) is 18.9. The molecule has 37 heavy (non-hydrogen) atoms. The molecule has 6 N–H and O–H groups in total. The van der Waals surface area contributed by atoms with Crippen molar-refractivity contribution in [3.05, 3.63) is 87.8 Å². The van der Waals surface area contributed by atoms with Crippen molar-refractivity contribution in [2.75, 3.05) is 18.0 Å². The Morgan fingerprint density at radius 1 is 1.14 bits per heavy atom. The number of fused-ring (bicyclic) bond motifs is 2. The molecule has 0 amide bonds. The van der Waals surface area contributed by atoms with Gasteiger partial charge >= 0.3 is 0 Å². The Balaban J connectivity index is 1.26. The van der Waals surface area contributed by atoms with Crippen molar-refractivity contribution < 1.29 is 8.42 Å². The number of aromatic amines is 2. The molecule has 1 aliphatic carbocycles. The monoisotopic (exact) mass is 517 g/mol. The molecule has 2 aromatic carbocycles. The highest BCUT2D eigenvalue weighted by molar-refractivity contribution is 7.89. The van der Waals surface area contributed by atoms with E-state index in [1.165, 1.54) is 23.3 Å². The molecule has 11 heteroatoms. The summed E-state index contributed by atoms with van der Waals surface area (Å²) >= 11 is 0. The maximum absolute atomic E-state index is 13.2. The molecule has 0 unspecified atom stereocenters. The number of nitrogens with two attached hydrogens (primary N) is 2. The third-order valence-corrected chi connectivity index (χ3v) is 8.78. The molecule has 0 bridgehead atoms. The summed E-state index contributed by atoms with van der Waals surface area (Å²) in [5, 5.41) is 12.6. The molecule has 2 aromatic heterocycles. The average Bonchev–Trinajstić information content (AvgIpc) is 3.43. The molecule has 0 saturated carbocycles. The van der Waals surface area contributed by atoms with Crippen LogP contribution in [0, 0.1) is 5.41 Å². The van der Waals surface area contributed by atoms with E-state index in [1.807, 2.05) is 6.07 Å². The maximum Gasteiger partial charge on any atom is 0.264 e. The van der Waals surface area contributed by atoms with Crippen LogP contribution in [0.5, 0.6) is 0 Å². The molecule has 10 nitrogen and oxygen atoms in total. The van der Waals surface area contributed by atoms with Crippen molar-refractivity contribution in [2.45, 2.75) is 30.2 Å². The summed E-state index contributed by atoms with van der Waals surface area (Å²) in [7, 11) is -3.89. The SMILES string of the molecule is C=C(c1cccc(S(N)(=O)=O)c1)c1n[nH]c2nc(N3CCC4(CC3)Cc3ccccc3[C@H]4N)[nH]c(=O)c12. The Hall–Kier alpha value is -3.80. The molecule has 1 spiro atoms. The van der Waals surface area contributed by atoms with Crippen LogP contribution in [-0.2, 0) is 16.4 Å². The fraction of sp³-hybridized carbons (Fsp3) is 0.269. The third kappa shape index (κ3) is 3.86. The number of hydrogen-bond acceptors (Lipinski definition) is 7. The summed E-state index contributed by atoms with van der Waals surface area (Å²) in [4.78, 5) is 22.8. The lowest BCUT2D eigenvalue weighted by Gasteiger charge is -2.42. The van der Waals surface area contributed by atoms with E-state index in [2.05, 4.69) is 49.8 Å². The summed E-state index contributed by atoms with van der Waals surface area (Å²) in [5.41, 5.74) is 10.4. The van der Waals surface area contributed by atoms with E-state index in [-0.39, 0.29) is 27.3 Å². The minimum Gasteiger partial charge on any atom is -0.342 e. The second kappa shape index (κ2) is 8.37. The van der Waals surface area contributed by atoms with Crippen LogP contribution in [0.1, 0.15) is 41.3 Å². The zero-order valence-corrected chi connectivity index (χ0v) is 20.9. The van der Waals surface area contributed by atoms with Crippen molar-refractivity contribution in [3.63, 3.8) is 0 Å². The molecule has 0 radical (unpaired) electrons. The second-order valence-electron chi connectivity index (χ2n) is 9.94. The number of anilines is 1. The van der Waals surface area contributed by atoms with Crippen LogP contribution in [0.15, 0.2) is 64.8 Å². The van der Waals surface area contributed by atoms with Gasteiger partial charge in [0, 0.05) is 24.7 Å². The zero-order valence-electron chi connectivity index (χ0n) is 20.1.